The van der Waals surface area contributed by atoms with Gasteiger partial charge in [-0.2, -0.15) is 0 Å². The summed E-state index contributed by atoms with van der Waals surface area (Å²) in [7, 11) is 0. The van der Waals surface area contributed by atoms with Crippen molar-refractivity contribution in [3.63, 3.8) is 0 Å². The largest absolute Gasteiger partial charge is 0.370 e. The SMILES string of the molecule is CCC(NC(C)CC(N)=O)c1cccc(Br)c1. The summed E-state index contributed by atoms with van der Waals surface area (Å²) in [5.74, 6) is -0.269. The minimum Gasteiger partial charge on any atom is -0.370 e. The van der Waals surface area contributed by atoms with E-state index in [-0.39, 0.29) is 18.0 Å². The van der Waals surface area contributed by atoms with Crippen LogP contribution in [0.1, 0.15) is 38.3 Å². The van der Waals surface area contributed by atoms with Crippen LogP contribution in [0.15, 0.2) is 28.7 Å². The van der Waals surface area contributed by atoms with Crippen LogP contribution in [0.3, 0.4) is 0 Å². The maximum absolute atomic E-state index is 10.8. The molecule has 0 aliphatic heterocycles. The Bertz CT molecular complexity index is 381. The van der Waals surface area contributed by atoms with E-state index in [4.69, 9.17) is 5.73 Å². The molecule has 0 bridgehead atoms. The number of carbonyl (C=O) groups excluding carboxylic acids is 1. The van der Waals surface area contributed by atoms with Gasteiger partial charge in [0.05, 0.1) is 0 Å². The van der Waals surface area contributed by atoms with Gasteiger partial charge < -0.3 is 11.1 Å². The first-order chi connectivity index (χ1) is 8.02. The third-order valence-corrected chi connectivity index (χ3v) is 3.15. The van der Waals surface area contributed by atoms with E-state index in [0.29, 0.717) is 6.42 Å². The number of nitrogens with one attached hydrogen (secondary N) is 1. The lowest BCUT2D eigenvalue weighted by molar-refractivity contribution is -0.118. The van der Waals surface area contributed by atoms with E-state index in [9.17, 15) is 4.79 Å². The Hall–Kier alpha value is -0.870. The Morgan fingerprint density at radius 2 is 2.24 bits per heavy atom. The molecule has 1 aromatic carbocycles. The zero-order valence-electron chi connectivity index (χ0n) is 10.2. The van der Waals surface area contributed by atoms with Crippen molar-refractivity contribution in [2.45, 2.75) is 38.8 Å². The molecule has 1 amide bonds. The molecule has 3 N–H and O–H groups in total. The van der Waals surface area contributed by atoms with Crippen LogP contribution in [0.4, 0.5) is 0 Å². The zero-order valence-corrected chi connectivity index (χ0v) is 11.8. The molecule has 0 fully saturated rings. The maximum Gasteiger partial charge on any atom is 0.218 e. The highest BCUT2D eigenvalue weighted by Gasteiger charge is 2.13. The van der Waals surface area contributed by atoms with Crippen molar-refractivity contribution in [1.82, 2.24) is 5.32 Å². The highest BCUT2D eigenvalue weighted by Crippen LogP contribution is 2.21. The molecule has 94 valence electrons. The van der Waals surface area contributed by atoms with Crippen LogP contribution in [0.2, 0.25) is 0 Å². The molecule has 1 aromatic rings. The molecule has 0 aliphatic carbocycles. The molecule has 4 heteroatoms. The summed E-state index contributed by atoms with van der Waals surface area (Å²) in [5.41, 5.74) is 6.41. The molecule has 0 spiro atoms. The summed E-state index contributed by atoms with van der Waals surface area (Å²) in [4.78, 5) is 10.8. The van der Waals surface area contributed by atoms with E-state index < -0.39 is 0 Å². The quantitative estimate of drug-likeness (QED) is 0.848. The predicted octanol–water partition coefficient (Wildman–Crippen LogP) is 2.75. The van der Waals surface area contributed by atoms with Crippen LogP contribution in [-0.2, 0) is 4.79 Å². The van der Waals surface area contributed by atoms with Crippen molar-refractivity contribution < 1.29 is 4.79 Å². The number of primary amides is 1. The van der Waals surface area contributed by atoms with E-state index in [0.717, 1.165) is 10.9 Å². The highest BCUT2D eigenvalue weighted by atomic mass is 79.9. The van der Waals surface area contributed by atoms with Crippen LogP contribution in [-0.4, -0.2) is 11.9 Å². The molecule has 0 saturated carbocycles. The topological polar surface area (TPSA) is 55.1 Å². The first-order valence-electron chi connectivity index (χ1n) is 5.82. The van der Waals surface area contributed by atoms with Crippen LogP contribution in [0.5, 0.6) is 0 Å². The van der Waals surface area contributed by atoms with Crippen molar-refractivity contribution in [3.05, 3.63) is 34.3 Å². The fraction of sp³-hybridized carbons (Fsp3) is 0.462. The number of halogens is 1. The Morgan fingerprint density at radius 1 is 1.53 bits per heavy atom. The summed E-state index contributed by atoms with van der Waals surface area (Å²) in [6.07, 6.45) is 1.34. The number of amides is 1. The molecule has 0 aromatic heterocycles. The van der Waals surface area contributed by atoms with Crippen molar-refractivity contribution in [1.29, 1.82) is 0 Å². The van der Waals surface area contributed by atoms with E-state index >= 15 is 0 Å². The predicted molar refractivity (Wildman–Crippen MR) is 73.6 cm³/mol. The minimum atomic E-state index is -0.269. The minimum absolute atomic E-state index is 0.0939. The van der Waals surface area contributed by atoms with E-state index in [2.05, 4.69) is 40.3 Å². The van der Waals surface area contributed by atoms with Gasteiger partial charge >= 0.3 is 0 Å². The molecule has 1 rings (SSSR count). The van der Waals surface area contributed by atoms with Gasteiger partial charge in [0.1, 0.15) is 0 Å². The highest BCUT2D eigenvalue weighted by molar-refractivity contribution is 9.10. The van der Waals surface area contributed by atoms with Gasteiger partial charge in [0.25, 0.3) is 0 Å². The lowest BCUT2D eigenvalue weighted by Gasteiger charge is -2.22. The average molecular weight is 299 g/mol. The van der Waals surface area contributed by atoms with Crippen molar-refractivity contribution >= 4 is 21.8 Å². The molecule has 17 heavy (non-hydrogen) atoms. The number of carbonyl (C=O) groups is 1. The number of benzene rings is 1. The van der Waals surface area contributed by atoms with Crippen LogP contribution in [0.25, 0.3) is 0 Å². The molecule has 2 unspecified atom stereocenters. The number of nitrogens with two attached hydrogens (primary N) is 1. The maximum atomic E-state index is 10.8. The fourth-order valence-electron chi connectivity index (χ4n) is 1.88. The summed E-state index contributed by atoms with van der Waals surface area (Å²) < 4.78 is 1.07. The summed E-state index contributed by atoms with van der Waals surface area (Å²) in [6, 6.07) is 8.55. The Kier molecular flexibility index (Phi) is 5.65. The second-order valence-electron chi connectivity index (χ2n) is 4.25. The molecule has 0 saturated heterocycles. The third kappa shape index (κ3) is 4.88. The van der Waals surface area contributed by atoms with Gasteiger partial charge in [0, 0.05) is 23.0 Å². The number of rotatable bonds is 6. The van der Waals surface area contributed by atoms with Gasteiger partial charge in [-0.3, -0.25) is 4.79 Å². The lowest BCUT2D eigenvalue weighted by atomic mass is 10.0. The average Bonchev–Trinajstić information content (AvgIpc) is 2.24. The monoisotopic (exact) mass is 298 g/mol. The third-order valence-electron chi connectivity index (χ3n) is 2.65. The number of hydrogen-bond acceptors (Lipinski definition) is 2. The summed E-state index contributed by atoms with van der Waals surface area (Å²) in [6.45, 7) is 4.10. The molecular weight excluding hydrogens is 280 g/mol. The zero-order chi connectivity index (χ0) is 12.8. The van der Waals surface area contributed by atoms with Gasteiger partial charge in [-0.05, 0) is 31.0 Å². The van der Waals surface area contributed by atoms with Gasteiger partial charge in [0.15, 0.2) is 0 Å². The van der Waals surface area contributed by atoms with Gasteiger partial charge in [-0.1, -0.05) is 35.0 Å². The first-order valence-corrected chi connectivity index (χ1v) is 6.62. The molecule has 0 aliphatic rings. The summed E-state index contributed by atoms with van der Waals surface area (Å²) >= 11 is 3.46. The van der Waals surface area contributed by atoms with E-state index in [1.165, 1.54) is 5.56 Å². The number of hydrogen-bond donors (Lipinski definition) is 2. The molecule has 0 radical (unpaired) electrons. The van der Waals surface area contributed by atoms with Gasteiger partial charge in [-0.15, -0.1) is 0 Å². The Morgan fingerprint density at radius 3 is 2.76 bits per heavy atom. The van der Waals surface area contributed by atoms with Gasteiger partial charge in [0.2, 0.25) is 5.91 Å². The first kappa shape index (κ1) is 14.2. The van der Waals surface area contributed by atoms with Crippen LogP contribution in [0, 0.1) is 0 Å². The van der Waals surface area contributed by atoms with Crippen molar-refractivity contribution in [2.75, 3.05) is 0 Å². The normalized spacial score (nSPS) is 14.3. The lowest BCUT2D eigenvalue weighted by Crippen LogP contribution is -2.33. The molecule has 0 heterocycles. The Labute approximate surface area is 111 Å². The molecular formula is C13H19BrN2O. The second-order valence-corrected chi connectivity index (χ2v) is 5.17. The fourth-order valence-corrected chi connectivity index (χ4v) is 2.29. The van der Waals surface area contributed by atoms with Crippen LogP contribution < -0.4 is 11.1 Å². The second kappa shape index (κ2) is 6.77. The van der Waals surface area contributed by atoms with Crippen molar-refractivity contribution in [3.8, 4) is 0 Å². The summed E-state index contributed by atoms with van der Waals surface area (Å²) in [5, 5.41) is 3.42. The van der Waals surface area contributed by atoms with Gasteiger partial charge in [-0.25, -0.2) is 0 Å². The van der Waals surface area contributed by atoms with E-state index in [1.54, 1.807) is 0 Å². The molecule has 2 atom stereocenters. The van der Waals surface area contributed by atoms with E-state index in [1.807, 2.05) is 19.1 Å². The Balaban J connectivity index is 2.68. The smallest absolute Gasteiger partial charge is 0.218 e. The van der Waals surface area contributed by atoms with Crippen molar-refractivity contribution in [2.24, 2.45) is 5.73 Å². The molecule has 3 nitrogen and oxygen atoms in total. The van der Waals surface area contributed by atoms with Crippen LogP contribution >= 0.6 is 15.9 Å². The standard InChI is InChI=1S/C13H19BrN2O/c1-3-12(16-9(2)7-13(15)17)10-5-4-6-11(14)8-10/h4-6,8-9,12,16H,3,7H2,1-2H3,(H2,15,17).